The molecule has 6 nitrogen and oxygen atoms in total. The minimum atomic E-state index is -0.378. The minimum Gasteiger partial charge on any atom is -0.494 e. The van der Waals surface area contributed by atoms with Crippen LogP contribution in [-0.2, 0) is 22.4 Å². The lowest BCUT2D eigenvalue weighted by Gasteiger charge is -2.18. The summed E-state index contributed by atoms with van der Waals surface area (Å²) < 4.78 is 10.6. The third kappa shape index (κ3) is 6.27. The highest BCUT2D eigenvalue weighted by atomic mass is 32.1. The maximum Gasteiger partial charge on any atom is 0.341 e. The Morgan fingerprint density at radius 1 is 1.26 bits per heavy atom. The molecule has 31 heavy (non-hydrogen) atoms. The summed E-state index contributed by atoms with van der Waals surface area (Å²) in [5.74, 6) is 0.796. The van der Waals surface area contributed by atoms with Gasteiger partial charge < -0.3 is 20.1 Å². The van der Waals surface area contributed by atoms with E-state index >= 15 is 0 Å². The number of thiocarbonyl (C=S) groups is 1. The van der Waals surface area contributed by atoms with Crippen molar-refractivity contribution in [3.05, 3.63) is 45.8 Å². The highest BCUT2D eigenvalue weighted by Crippen LogP contribution is 2.40. The SMILES string of the molecule is COC(=O)c1c(NC(=S)NC(=O)CCCOc2ccc(C)cc2)sc2c1CCC(C)C2. The van der Waals surface area contributed by atoms with Crippen LogP contribution in [0.3, 0.4) is 0 Å². The van der Waals surface area contributed by atoms with Gasteiger partial charge in [-0.3, -0.25) is 4.79 Å². The molecular formula is C23H28N2O4S2. The van der Waals surface area contributed by atoms with Gasteiger partial charge in [0.15, 0.2) is 5.11 Å². The van der Waals surface area contributed by atoms with Crippen molar-refractivity contribution in [3.63, 3.8) is 0 Å². The number of ether oxygens (including phenoxy) is 2. The van der Waals surface area contributed by atoms with E-state index < -0.39 is 0 Å². The zero-order valence-electron chi connectivity index (χ0n) is 18.1. The number of aryl methyl sites for hydroxylation is 1. The minimum absolute atomic E-state index is 0.182. The van der Waals surface area contributed by atoms with Gasteiger partial charge in [-0.15, -0.1) is 11.3 Å². The highest BCUT2D eigenvalue weighted by molar-refractivity contribution is 7.80. The first-order chi connectivity index (χ1) is 14.9. The van der Waals surface area contributed by atoms with Crippen LogP contribution >= 0.6 is 23.6 Å². The lowest BCUT2D eigenvalue weighted by Crippen LogP contribution is -2.34. The summed E-state index contributed by atoms with van der Waals surface area (Å²) in [4.78, 5) is 25.8. The van der Waals surface area contributed by atoms with Crippen LogP contribution in [0.1, 0.15) is 52.5 Å². The number of amides is 1. The van der Waals surface area contributed by atoms with Gasteiger partial charge in [-0.25, -0.2) is 4.79 Å². The fraction of sp³-hybridized carbons (Fsp3) is 0.435. The third-order valence-electron chi connectivity index (χ3n) is 5.22. The molecule has 3 rings (SSSR count). The summed E-state index contributed by atoms with van der Waals surface area (Å²) in [6.07, 6.45) is 3.68. The smallest absolute Gasteiger partial charge is 0.341 e. The molecule has 0 radical (unpaired) electrons. The molecule has 166 valence electrons. The van der Waals surface area contributed by atoms with Gasteiger partial charge in [-0.2, -0.15) is 0 Å². The van der Waals surface area contributed by atoms with Crippen molar-refractivity contribution in [1.82, 2.24) is 5.32 Å². The van der Waals surface area contributed by atoms with Gasteiger partial charge in [0, 0.05) is 11.3 Å². The second kappa shape index (κ2) is 10.7. The Morgan fingerprint density at radius 2 is 2.00 bits per heavy atom. The first kappa shape index (κ1) is 23.2. The molecule has 1 unspecified atom stereocenters. The molecule has 1 atom stereocenters. The zero-order chi connectivity index (χ0) is 22.4. The second-order valence-electron chi connectivity index (χ2n) is 7.81. The van der Waals surface area contributed by atoms with Crippen molar-refractivity contribution in [2.24, 2.45) is 5.92 Å². The molecule has 8 heteroatoms. The average Bonchev–Trinajstić information content (AvgIpc) is 3.08. The molecule has 1 aromatic heterocycles. The second-order valence-corrected chi connectivity index (χ2v) is 9.33. The zero-order valence-corrected chi connectivity index (χ0v) is 19.7. The summed E-state index contributed by atoms with van der Waals surface area (Å²) in [5, 5.41) is 6.54. The van der Waals surface area contributed by atoms with E-state index in [9.17, 15) is 9.59 Å². The number of carbonyl (C=O) groups excluding carboxylic acids is 2. The standard InChI is InChI=1S/C23H28N2O4S2/c1-14-6-9-16(10-7-14)29-12-4-5-19(26)24-23(30)25-21-20(22(27)28-3)17-11-8-15(2)13-18(17)31-21/h6-7,9-10,15H,4-5,8,11-13H2,1-3H3,(H2,24,25,26,30). The molecule has 1 aromatic carbocycles. The van der Waals surface area contributed by atoms with Crippen molar-refractivity contribution >= 4 is 45.5 Å². The molecule has 2 N–H and O–H groups in total. The van der Waals surface area contributed by atoms with E-state index in [0.29, 0.717) is 29.5 Å². The lowest BCUT2D eigenvalue weighted by atomic mass is 9.88. The first-order valence-electron chi connectivity index (χ1n) is 10.4. The average molecular weight is 461 g/mol. The first-order valence-corrected chi connectivity index (χ1v) is 11.6. The largest absolute Gasteiger partial charge is 0.494 e. The number of esters is 1. The van der Waals surface area contributed by atoms with E-state index in [2.05, 4.69) is 17.6 Å². The van der Waals surface area contributed by atoms with Gasteiger partial charge in [0.2, 0.25) is 5.91 Å². The van der Waals surface area contributed by atoms with Gasteiger partial charge in [0.1, 0.15) is 10.8 Å². The maximum atomic E-state index is 12.4. The molecule has 2 aromatic rings. The fourth-order valence-corrected chi connectivity index (χ4v) is 5.22. The van der Waals surface area contributed by atoms with Crippen LogP contribution in [0.15, 0.2) is 24.3 Å². The number of benzene rings is 1. The van der Waals surface area contributed by atoms with Gasteiger partial charge in [0.25, 0.3) is 0 Å². The number of thiophene rings is 1. The lowest BCUT2D eigenvalue weighted by molar-refractivity contribution is -0.119. The quantitative estimate of drug-likeness (QED) is 0.356. The molecule has 0 saturated heterocycles. The number of anilines is 1. The van der Waals surface area contributed by atoms with Crippen LogP contribution in [-0.4, -0.2) is 30.7 Å². The van der Waals surface area contributed by atoms with Crippen LogP contribution in [0.5, 0.6) is 5.75 Å². The molecule has 1 aliphatic carbocycles. The fourth-order valence-electron chi connectivity index (χ4n) is 3.54. The van der Waals surface area contributed by atoms with Crippen LogP contribution in [0, 0.1) is 12.8 Å². The number of hydrogen-bond acceptors (Lipinski definition) is 6. The number of hydrogen-bond donors (Lipinski definition) is 2. The van der Waals surface area contributed by atoms with Crippen molar-refractivity contribution in [1.29, 1.82) is 0 Å². The van der Waals surface area contributed by atoms with E-state index in [1.54, 1.807) is 0 Å². The van der Waals surface area contributed by atoms with Gasteiger partial charge in [0.05, 0.1) is 19.3 Å². The van der Waals surface area contributed by atoms with Crippen LogP contribution in [0.25, 0.3) is 0 Å². The predicted octanol–water partition coefficient (Wildman–Crippen LogP) is 4.64. The predicted molar refractivity (Wildman–Crippen MR) is 127 cm³/mol. The van der Waals surface area contributed by atoms with Crippen molar-refractivity contribution < 1.29 is 19.1 Å². The van der Waals surface area contributed by atoms with E-state index in [1.165, 1.54) is 28.9 Å². The van der Waals surface area contributed by atoms with E-state index in [0.717, 1.165) is 30.6 Å². The van der Waals surface area contributed by atoms with Gasteiger partial charge in [-0.1, -0.05) is 24.6 Å². The molecule has 0 bridgehead atoms. The molecule has 0 aliphatic heterocycles. The molecule has 0 fully saturated rings. The molecule has 1 amide bonds. The highest BCUT2D eigenvalue weighted by Gasteiger charge is 2.28. The van der Waals surface area contributed by atoms with E-state index in [1.807, 2.05) is 31.2 Å². The van der Waals surface area contributed by atoms with Crippen LogP contribution in [0.2, 0.25) is 0 Å². The number of rotatable bonds is 7. The summed E-state index contributed by atoms with van der Waals surface area (Å²) in [5.41, 5.74) is 2.75. The van der Waals surface area contributed by atoms with Crippen molar-refractivity contribution in [2.45, 2.75) is 46.0 Å². The Bertz CT molecular complexity index is 953. The summed E-state index contributed by atoms with van der Waals surface area (Å²) in [7, 11) is 1.38. The van der Waals surface area contributed by atoms with Crippen LogP contribution in [0.4, 0.5) is 5.00 Å². The molecule has 1 aliphatic rings. The Balaban J connectivity index is 1.51. The third-order valence-corrected chi connectivity index (χ3v) is 6.59. The number of carbonyl (C=O) groups is 2. The summed E-state index contributed by atoms with van der Waals surface area (Å²) in [6, 6.07) is 7.79. The number of methoxy groups -OCH3 is 1. The number of nitrogens with one attached hydrogen (secondary N) is 2. The monoisotopic (exact) mass is 460 g/mol. The Labute approximate surface area is 192 Å². The van der Waals surface area contributed by atoms with Gasteiger partial charge >= 0.3 is 5.97 Å². The molecule has 0 spiro atoms. The summed E-state index contributed by atoms with van der Waals surface area (Å²) in [6.45, 7) is 4.67. The molecular weight excluding hydrogens is 432 g/mol. The molecule has 0 saturated carbocycles. The normalized spacial score (nSPS) is 15.0. The van der Waals surface area contributed by atoms with E-state index in [4.69, 9.17) is 21.7 Å². The maximum absolute atomic E-state index is 12.4. The number of fused-ring (bicyclic) bond motifs is 1. The molecule has 1 heterocycles. The summed E-state index contributed by atoms with van der Waals surface area (Å²) >= 11 is 6.82. The van der Waals surface area contributed by atoms with Crippen molar-refractivity contribution in [3.8, 4) is 5.75 Å². The Hall–Kier alpha value is -2.45. The van der Waals surface area contributed by atoms with E-state index in [-0.39, 0.29) is 23.4 Å². The Morgan fingerprint density at radius 3 is 2.71 bits per heavy atom. The topological polar surface area (TPSA) is 76.7 Å². The van der Waals surface area contributed by atoms with Crippen molar-refractivity contribution in [2.75, 3.05) is 19.0 Å². The van der Waals surface area contributed by atoms with Crippen LogP contribution < -0.4 is 15.4 Å². The van der Waals surface area contributed by atoms with Gasteiger partial charge in [-0.05, 0) is 68.4 Å². The Kier molecular flexibility index (Phi) is 8.03.